The summed E-state index contributed by atoms with van der Waals surface area (Å²) >= 11 is 0. The summed E-state index contributed by atoms with van der Waals surface area (Å²) in [6.07, 6.45) is 2.13. The predicted octanol–water partition coefficient (Wildman–Crippen LogP) is 2.82. The van der Waals surface area contributed by atoms with Crippen LogP contribution in [0, 0.1) is 0 Å². The molecule has 10 heavy (non-hydrogen) atoms. The van der Waals surface area contributed by atoms with Crippen molar-refractivity contribution in [3.05, 3.63) is 12.2 Å². The van der Waals surface area contributed by atoms with Gasteiger partial charge < -0.3 is 0 Å². The molecule has 0 N–H and O–H groups in total. The molecule has 58 valence electrons. The van der Waals surface area contributed by atoms with Gasteiger partial charge in [0.2, 0.25) is 0 Å². The lowest BCUT2D eigenvalue weighted by molar-refractivity contribution is 0.926. The van der Waals surface area contributed by atoms with Gasteiger partial charge in [0.25, 0.3) is 0 Å². The van der Waals surface area contributed by atoms with E-state index < -0.39 is 0 Å². The summed E-state index contributed by atoms with van der Waals surface area (Å²) in [5.74, 6) is 0. The molecule has 0 aliphatic heterocycles. The van der Waals surface area contributed by atoms with Gasteiger partial charge in [-0.05, 0) is 25.3 Å². The van der Waals surface area contributed by atoms with Crippen molar-refractivity contribution in [2.75, 3.05) is 6.54 Å². The Morgan fingerprint density at radius 3 is 2.30 bits per heavy atom. The third-order valence-corrected chi connectivity index (χ3v) is 1.35. The van der Waals surface area contributed by atoms with Crippen LogP contribution in [0.15, 0.2) is 17.1 Å². The van der Waals surface area contributed by atoms with Crippen molar-refractivity contribution in [2.45, 2.75) is 33.6 Å². The molecule has 1 nitrogen and oxygen atoms in total. The van der Waals surface area contributed by atoms with Crippen molar-refractivity contribution in [3.63, 3.8) is 0 Å². The van der Waals surface area contributed by atoms with E-state index in [9.17, 15) is 0 Å². The third kappa shape index (κ3) is 3.44. The molecule has 0 aromatic rings. The Labute approximate surface area is 63.9 Å². The molecule has 0 atom stereocenters. The van der Waals surface area contributed by atoms with Gasteiger partial charge in [-0.2, -0.15) is 0 Å². The lowest BCUT2D eigenvalue weighted by atomic mass is 10.1. The molecule has 0 aromatic carbocycles. The van der Waals surface area contributed by atoms with Crippen molar-refractivity contribution in [1.29, 1.82) is 0 Å². The van der Waals surface area contributed by atoms with Crippen molar-refractivity contribution < 1.29 is 0 Å². The summed E-state index contributed by atoms with van der Waals surface area (Å²) in [5, 5.41) is 0. The van der Waals surface area contributed by atoms with Crippen LogP contribution in [0.3, 0.4) is 0 Å². The van der Waals surface area contributed by atoms with E-state index in [0.29, 0.717) is 0 Å². The number of aliphatic imine (C=N–C) groups is 1. The minimum absolute atomic E-state index is 0.941. The Balaban J connectivity index is 3.91. The van der Waals surface area contributed by atoms with E-state index in [1.165, 1.54) is 5.71 Å². The molecule has 0 aromatic heterocycles. The zero-order chi connectivity index (χ0) is 7.98. The zero-order valence-electron chi connectivity index (χ0n) is 7.28. The normalized spacial score (nSPS) is 11.7. The molecular formula is C9H17N. The SMILES string of the molecule is C=C(C)C(CC)=NCCC. The van der Waals surface area contributed by atoms with E-state index in [-0.39, 0.29) is 0 Å². The number of nitrogens with zero attached hydrogens (tertiary/aromatic N) is 1. The van der Waals surface area contributed by atoms with E-state index in [0.717, 1.165) is 25.0 Å². The molecule has 0 saturated heterocycles. The first-order valence-electron chi connectivity index (χ1n) is 3.91. The molecule has 0 aliphatic rings. The molecule has 0 aliphatic carbocycles. The number of allylic oxidation sites excluding steroid dienone is 1. The highest BCUT2D eigenvalue weighted by molar-refractivity contribution is 5.98. The number of hydrogen-bond donors (Lipinski definition) is 0. The fourth-order valence-corrected chi connectivity index (χ4v) is 0.795. The van der Waals surface area contributed by atoms with E-state index >= 15 is 0 Å². The van der Waals surface area contributed by atoms with Crippen LogP contribution in [0.25, 0.3) is 0 Å². The van der Waals surface area contributed by atoms with Crippen molar-refractivity contribution in [2.24, 2.45) is 4.99 Å². The lowest BCUT2D eigenvalue weighted by Gasteiger charge is -2.00. The van der Waals surface area contributed by atoms with Gasteiger partial charge in [-0.15, -0.1) is 0 Å². The highest BCUT2D eigenvalue weighted by Gasteiger charge is 1.93. The summed E-state index contributed by atoms with van der Waals surface area (Å²) in [7, 11) is 0. The van der Waals surface area contributed by atoms with Crippen molar-refractivity contribution in [1.82, 2.24) is 0 Å². The van der Waals surface area contributed by atoms with Crippen LogP contribution in [0.1, 0.15) is 33.6 Å². The second kappa shape index (κ2) is 5.21. The summed E-state index contributed by atoms with van der Waals surface area (Å²) in [6.45, 7) is 11.0. The zero-order valence-corrected chi connectivity index (χ0v) is 7.28. The van der Waals surface area contributed by atoms with Crippen LogP contribution in [0.2, 0.25) is 0 Å². The summed E-state index contributed by atoms with van der Waals surface area (Å²) in [5.41, 5.74) is 2.28. The van der Waals surface area contributed by atoms with E-state index in [1.807, 2.05) is 6.92 Å². The molecule has 1 heteroatoms. The topological polar surface area (TPSA) is 12.4 Å². The second-order valence-corrected chi connectivity index (χ2v) is 2.46. The molecule has 0 saturated carbocycles. The first-order chi connectivity index (χ1) is 4.72. The Kier molecular flexibility index (Phi) is 4.91. The van der Waals surface area contributed by atoms with Gasteiger partial charge in [-0.25, -0.2) is 0 Å². The van der Waals surface area contributed by atoms with Crippen molar-refractivity contribution in [3.8, 4) is 0 Å². The Morgan fingerprint density at radius 1 is 1.40 bits per heavy atom. The first kappa shape index (κ1) is 9.41. The molecule has 0 heterocycles. The molecular weight excluding hydrogens is 122 g/mol. The standard InChI is InChI=1S/C9H17N/c1-5-7-10-9(6-2)8(3)4/h3,5-7H2,1-2,4H3. The van der Waals surface area contributed by atoms with E-state index in [2.05, 4.69) is 25.4 Å². The minimum atomic E-state index is 0.941. The van der Waals surface area contributed by atoms with Crippen LogP contribution in [-0.2, 0) is 0 Å². The Hall–Kier alpha value is -0.590. The Bertz CT molecular complexity index is 134. The molecule has 0 rings (SSSR count). The van der Waals surface area contributed by atoms with Gasteiger partial charge in [-0.3, -0.25) is 4.99 Å². The first-order valence-corrected chi connectivity index (χ1v) is 3.91. The van der Waals surface area contributed by atoms with Gasteiger partial charge in [0.15, 0.2) is 0 Å². The maximum Gasteiger partial charge on any atom is 0.0390 e. The molecule has 0 unspecified atom stereocenters. The largest absolute Gasteiger partial charge is 0.290 e. The molecule has 0 bridgehead atoms. The number of hydrogen-bond acceptors (Lipinski definition) is 1. The second-order valence-electron chi connectivity index (χ2n) is 2.46. The van der Waals surface area contributed by atoms with Crippen LogP contribution in [-0.4, -0.2) is 12.3 Å². The third-order valence-electron chi connectivity index (χ3n) is 1.35. The van der Waals surface area contributed by atoms with E-state index in [1.54, 1.807) is 0 Å². The molecule has 0 spiro atoms. The monoisotopic (exact) mass is 139 g/mol. The van der Waals surface area contributed by atoms with Gasteiger partial charge >= 0.3 is 0 Å². The predicted molar refractivity (Wildman–Crippen MR) is 47.7 cm³/mol. The van der Waals surface area contributed by atoms with Crippen LogP contribution < -0.4 is 0 Å². The van der Waals surface area contributed by atoms with E-state index in [4.69, 9.17) is 0 Å². The van der Waals surface area contributed by atoms with Crippen LogP contribution in [0.5, 0.6) is 0 Å². The average molecular weight is 139 g/mol. The maximum atomic E-state index is 4.38. The smallest absolute Gasteiger partial charge is 0.0390 e. The van der Waals surface area contributed by atoms with Crippen LogP contribution >= 0.6 is 0 Å². The summed E-state index contributed by atoms with van der Waals surface area (Å²) in [6, 6.07) is 0. The summed E-state index contributed by atoms with van der Waals surface area (Å²) < 4.78 is 0. The minimum Gasteiger partial charge on any atom is -0.290 e. The molecule has 0 radical (unpaired) electrons. The highest BCUT2D eigenvalue weighted by atomic mass is 14.7. The molecule has 0 amide bonds. The van der Waals surface area contributed by atoms with Gasteiger partial charge in [0.05, 0.1) is 0 Å². The highest BCUT2D eigenvalue weighted by Crippen LogP contribution is 1.98. The van der Waals surface area contributed by atoms with Crippen LogP contribution in [0.4, 0.5) is 0 Å². The summed E-state index contributed by atoms with van der Waals surface area (Å²) in [4.78, 5) is 4.38. The fraction of sp³-hybridized carbons (Fsp3) is 0.667. The average Bonchev–Trinajstić information content (AvgIpc) is 1.89. The fourth-order valence-electron chi connectivity index (χ4n) is 0.795. The Morgan fingerprint density at radius 2 is 2.00 bits per heavy atom. The number of rotatable bonds is 4. The quantitative estimate of drug-likeness (QED) is 0.531. The van der Waals surface area contributed by atoms with Gasteiger partial charge in [-0.1, -0.05) is 20.4 Å². The molecule has 0 fully saturated rings. The van der Waals surface area contributed by atoms with Gasteiger partial charge in [0, 0.05) is 12.3 Å². The van der Waals surface area contributed by atoms with Crippen molar-refractivity contribution >= 4 is 5.71 Å². The van der Waals surface area contributed by atoms with Gasteiger partial charge in [0.1, 0.15) is 0 Å². The lowest BCUT2D eigenvalue weighted by Crippen LogP contribution is -1.97. The maximum absolute atomic E-state index is 4.38.